The summed E-state index contributed by atoms with van der Waals surface area (Å²) in [4.78, 5) is 14.5. The van der Waals surface area contributed by atoms with E-state index in [0.29, 0.717) is 16.8 Å². The normalized spacial score (nSPS) is 11.2. The lowest BCUT2D eigenvalue weighted by atomic mass is 10.2. The highest BCUT2D eigenvalue weighted by Gasteiger charge is 2.10. The average Bonchev–Trinajstić information content (AvgIpc) is 2.99. The largest absolute Gasteiger partial charge is 0.435 e. The molecular formula is C16H10N4O3. The van der Waals surface area contributed by atoms with E-state index in [9.17, 15) is 15.4 Å². The van der Waals surface area contributed by atoms with E-state index in [4.69, 9.17) is 4.42 Å². The number of aromatic nitrogens is 1. The molecule has 0 aliphatic heterocycles. The second-order valence-electron chi connectivity index (χ2n) is 4.61. The minimum Gasteiger partial charge on any atom is -0.435 e. The fourth-order valence-corrected chi connectivity index (χ4v) is 1.99. The van der Waals surface area contributed by atoms with Crippen LogP contribution in [0.25, 0.3) is 16.7 Å². The first-order chi connectivity index (χ1) is 11.2. The van der Waals surface area contributed by atoms with Gasteiger partial charge in [0.1, 0.15) is 17.2 Å². The fraction of sp³-hybridized carbons (Fsp3) is 0. The van der Waals surface area contributed by atoms with Crippen molar-refractivity contribution >= 4 is 28.0 Å². The van der Waals surface area contributed by atoms with Crippen molar-refractivity contribution in [2.24, 2.45) is 0 Å². The Balaban J connectivity index is 1.89. The number of benzene rings is 2. The fourth-order valence-electron chi connectivity index (χ4n) is 1.99. The van der Waals surface area contributed by atoms with Crippen molar-refractivity contribution in [1.82, 2.24) is 4.98 Å². The first-order valence-electron chi connectivity index (χ1n) is 6.64. The molecule has 0 atom stereocenters. The highest BCUT2D eigenvalue weighted by molar-refractivity contribution is 5.80. The Bertz CT molecular complexity index is 920. The molecule has 0 unspecified atom stereocenters. The van der Waals surface area contributed by atoms with E-state index in [1.807, 2.05) is 18.2 Å². The molecule has 1 N–H and O–H groups in total. The van der Waals surface area contributed by atoms with Crippen molar-refractivity contribution in [3.05, 3.63) is 70.7 Å². The SMILES string of the molecule is N#C/C(=C\Nc1cccc([N+](=O)[O-])c1)c1nc2ccccc2o1. The van der Waals surface area contributed by atoms with Crippen LogP contribution in [-0.4, -0.2) is 9.91 Å². The predicted molar refractivity (Wildman–Crippen MR) is 84.3 cm³/mol. The number of rotatable bonds is 4. The summed E-state index contributed by atoms with van der Waals surface area (Å²) in [6.07, 6.45) is 1.41. The first kappa shape index (κ1) is 14.3. The summed E-state index contributed by atoms with van der Waals surface area (Å²) >= 11 is 0. The van der Waals surface area contributed by atoms with Crippen LogP contribution in [0.15, 0.2) is 59.1 Å². The van der Waals surface area contributed by atoms with Gasteiger partial charge < -0.3 is 9.73 Å². The number of non-ortho nitro benzene ring substituents is 1. The van der Waals surface area contributed by atoms with Crippen molar-refractivity contribution in [2.75, 3.05) is 5.32 Å². The maximum absolute atomic E-state index is 10.8. The Kier molecular flexibility index (Phi) is 3.72. The van der Waals surface area contributed by atoms with Gasteiger partial charge in [0, 0.05) is 24.0 Å². The van der Waals surface area contributed by atoms with Crippen LogP contribution >= 0.6 is 0 Å². The summed E-state index contributed by atoms with van der Waals surface area (Å²) in [6.45, 7) is 0. The van der Waals surface area contributed by atoms with Crippen LogP contribution in [0, 0.1) is 21.4 Å². The second-order valence-corrected chi connectivity index (χ2v) is 4.61. The molecule has 3 aromatic rings. The smallest absolute Gasteiger partial charge is 0.271 e. The molecule has 0 spiro atoms. The third-order valence-corrected chi connectivity index (χ3v) is 3.08. The number of hydrogen-bond acceptors (Lipinski definition) is 6. The number of oxazole rings is 1. The first-order valence-corrected chi connectivity index (χ1v) is 6.64. The third-order valence-electron chi connectivity index (χ3n) is 3.08. The van der Waals surface area contributed by atoms with E-state index < -0.39 is 4.92 Å². The number of allylic oxidation sites excluding steroid dienone is 1. The minimum atomic E-state index is -0.485. The molecule has 112 valence electrons. The number of nitro benzene ring substituents is 1. The Morgan fingerprint density at radius 2 is 2.13 bits per heavy atom. The quantitative estimate of drug-likeness (QED) is 0.447. The molecule has 1 aromatic heterocycles. The van der Waals surface area contributed by atoms with Crippen LogP contribution in [0.3, 0.4) is 0 Å². The number of para-hydroxylation sites is 2. The maximum Gasteiger partial charge on any atom is 0.271 e. The van der Waals surface area contributed by atoms with Crippen LogP contribution in [-0.2, 0) is 0 Å². The molecule has 2 aromatic carbocycles. The van der Waals surface area contributed by atoms with Crippen LogP contribution in [0.5, 0.6) is 0 Å². The van der Waals surface area contributed by atoms with E-state index in [1.54, 1.807) is 24.3 Å². The summed E-state index contributed by atoms with van der Waals surface area (Å²) in [5.74, 6) is 0.187. The maximum atomic E-state index is 10.8. The van der Waals surface area contributed by atoms with Gasteiger partial charge in [-0.25, -0.2) is 4.98 Å². The number of hydrogen-bond donors (Lipinski definition) is 1. The number of anilines is 1. The van der Waals surface area contributed by atoms with Crippen molar-refractivity contribution in [3.63, 3.8) is 0 Å². The van der Waals surface area contributed by atoms with Gasteiger partial charge in [-0.05, 0) is 18.2 Å². The molecular weight excluding hydrogens is 296 g/mol. The van der Waals surface area contributed by atoms with Gasteiger partial charge in [-0.3, -0.25) is 10.1 Å². The zero-order chi connectivity index (χ0) is 16.2. The molecule has 0 radical (unpaired) electrons. The van der Waals surface area contributed by atoms with Gasteiger partial charge in [-0.15, -0.1) is 0 Å². The van der Waals surface area contributed by atoms with Crippen LogP contribution < -0.4 is 5.32 Å². The number of fused-ring (bicyclic) bond motifs is 1. The Hall–Kier alpha value is -3.66. The highest BCUT2D eigenvalue weighted by Crippen LogP contribution is 2.21. The van der Waals surface area contributed by atoms with Gasteiger partial charge in [0.2, 0.25) is 5.89 Å². The number of nitro groups is 1. The number of nitrogens with one attached hydrogen (secondary N) is 1. The van der Waals surface area contributed by atoms with Crippen LogP contribution in [0.2, 0.25) is 0 Å². The van der Waals surface area contributed by atoms with E-state index in [1.165, 1.54) is 18.3 Å². The van der Waals surface area contributed by atoms with Gasteiger partial charge in [0.15, 0.2) is 5.58 Å². The molecule has 7 heteroatoms. The molecule has 0 amide bonds. The summed E-state index contributed by atoms with van der Waals surface area (Å²) in [6, 6.07) is 15.2. The Labute approximate surface area is 130 Å². The summed E-state index contributed by atoms with van der Waals surface area (Å²) < 4.78 is 5.52. The van der Waals surface area contributed by atoms with Gasteiger partial charge in [-0.1, -0.05) is 18.2 Å². The molecule has 1 heterocycles. The highest BCUT2D eigenvalue weighted by atomic mass is 16.6. The average molecular weight is 306 g/mol. The van der Waals surface area contributed by atoms with E-state index >= 15 is 0 Å². The molecule has 0 aliphatic carbocycles. The molecule has 7 nitrogen and oxygen atoms in total. The molecule has 3 rings (SSSR count). The van der Waals surface area contributed by atoms with Crippen molar-refractivity contribution < 1.29 is 9.34 Å². The molecule has 0 bridgehead atoms. The third kappa shape index (κ3) is 3.01. The van der Waals surface area contributed by atoms with Crippen molar-refractivity contribution in [2.45, 2.75) is 0 Å². The van der Waals surface area contributed by atoms with Crippen LogP contribution in [0.1, 0.15) is 5.89 Å². The van der Waals surface area contributed by atoms with Crippen molar-refractivity contribution in [1.29, 1.82) is 5.26 Å². The molecule has 0 aliphatic rings. The predicted octanol–water partition coefficient (Wildman–Crippen LogP) is 3.71. The zero-order valence-corrected chi connectivity index (χ0v) is 11.8. The topological polar surface area (TPSA) is 105 Å². The zero-order valence-electron chi connectivity index (χ0n) is 11.8. The standard InChI is InChI=1S/C16H10N4O3/c17-9-11(16-19-14-6-1-2-7-15(14)23-16)10-18-12-4-3-5-13(8-12)20(21)22/h1-8,10,18H/b11-10+. The molecule has 0 fully saturated rings. The summed E-state index contributed by atoms with van der Waals surface area (Å²) in [5.41, 5.74) is 1.87. The van der Waals surface area contributed by atoms with Crippen LogP contribution in [0.4, 0.5) is 11.4 Å². The second kappa shape index (κ2) is 5.99. The lowest BCUT2D eigenvalue weighted by molar-refractivity contribution is -0.384. The monoisotopic (exact) mass is 306 g/mol. The molecule has 0 saturated heterocycles. The lowest BCUT2D eigenvalue weighted by Crippen LogP contribution is -1.93. The molecule has 23 heavy (non-hydrogen) atoms. The van der Waals surface area contributed by atoms with Crippen molar-refractivity contribution in [3.8, 4) is 6.07 Å². The Morgan fingerprint density at radius 3 is 2.87 bits per heavy atom. The lowest BCUT2D eigenvalue weighted by Gasteiger charge is -2.00. The van der Waals surface area contributed by atoms with Gasteiger partial charge in [-0.2, -0.15) is 5.26 Å². The Morgan fingerprint density at radius 1 is 1.30 bits per heavy atom. The van der Waals surface area contributed by atoms with Gasteiger partial charge >= 0.3 is 0 Å². The van der Waals surface area contributed by atoms with Gasteiger partial charge in [0.05, 0.1) is 4.92 Å². The van der Waals surface area contributed by atoms with Gasteiger partial charge in [0.25, 0.3) is 5.69 Å². The summed E-state index contributed by atoms with van der Waals surface area (Å²) in [7, 11) is 0. The van der Waals surface area contributed by atoms with E-state index in [2.05, 4.69) is 10.3 Å². The number of nitriles is 1. The van der Waals surface area contributed by atoms with E-state index in [-0.39, 0.29) is 17.2 Å². The molecule has 0 saturated carbocycles. The van der Waals surface area contributed by atoms with E-state index in [0.717, 1.165) is 0 Å². The minimum absolute atomic E-state index is 0.0382. The number of nitrogens with zero attached hydrogens (tertiary/aromatic N) is 3. The summed E-state index contributed by atoms with van der Waals surface area (Å²) in [5, 5.41) is 22.9.